The van der Waals surface area contributed by atoms with Crippen LogP contribution in [0.3, 0.4) is 0 Å². The van der Waals surface area contributed by atoms with Gasteiger partial charge in [0.1, 0.15) is 10.0 Å². The molecule has 2 N–H and O–H groups in total. The maximum atomic E-state index is 11.9. The number of para-hydroxylation sites is 2. The van der Waals surface area contributed by atoms with E-state index >= 15 is 0 Å². The van der Waals surface area contributed by atoms with Crippen molar-refractivity contribution in [2.24, 2.45) is 0 Å². The quantitative estimate of drug-likeness (QED) is 0.421. The van der Waals surface area contributed by atoms with Crippen molar-refractivity contribution in [3.63, 3.8) is 0 Å². The van der Waals surface area contributed by atoms with Crippen LogP contribution in [0.2, 0.25) is 0 Å². The second-order valence-corrected chi connectivity index (χ2v) is 9.05. The predicted octanol–water partition coefficient (Wildman–Crippen LogP) is 5.20. The van der Waals surface area contributed by atoms with Crippen LogP contribution < -0.4 is 9.44 Å². The summed E-state index contributed by atoms with van der Waals surface area (Å²) in [6.07, 6.45) is 0. The molecule has 2 aromatic heterocycles. The Balaban J connectivity index is 1.20. The van der Waals surface area contributed by atoms with Crippen LogP contribution in [-0.2, 0) is 11.5 Å². The lowest BCUT2D eigenvalue weighted by Gasteiger charge is -2.04. The van der Waals surface area contributed by atoms with E-state index in [0.717, 1.165) is 21.0 Å². The van der Waals surface area contributed by atoms with Crippen molar-refractivity contribution >= 4 is 73.0 Å². The van der Waals surface area contributed by atoms with Gasteiger partial charge in [-0.1, -0.05) is 24.3 Å². The van der Waals surface area contributed by atoms with Gasteiger partial charge in [-0.3, -0.25) is 9.44 Å². The highest BCUT2D eigenvalue weighted by molar-refractivity contribution is 7.98. The number of carbonyl (C=O) groups is 1. The van der Waals surface area contributed by atoms with Gasteiger partial charge in [-0.15, -0.1) is 22.7 Å². The van der Waals surface area contributed by atoms with Crippen molar-refractivity contribution in [2.45, 2.75) is 11.5 Å². The lowest BCUT2D eigenvalue weighted by molar-refractivity contribution is 0.252. The SMILES string of the molecule is O=C(NSCc1nc2ccccc2s1)NSCc1nc2ccccc2s1. The summed E-state index contributed by atoms with van der Waals surface area (Å²) in [6.45, 7) is 0. The fraction of sp³-hybridized carbons (Fsp3) is 0.118. The van der Waals surface area contributed by atoms with Crippen LogP contribution in [0.25, 0.3) is 20.4 Å². The molecule has 2 heterocycles. The van der Waals surface area contributed by atoms with E-state index in [1.165, 1.54) is 33.3 Å². The van der Waals surface area contributed by atoms with Gasteiger partial charge in [0.25, 0.3) is 0 Å². The number of hydrogen-bond acceptors (Lipinski definition) is 7. The van der Waals surface area contributed by atoms with Crippen LogP contribution >= 0.6 is 46.6 Å². The number of hydrogen-bond donors (Lipinski definition) is 2. The van der Waals surface area contributed by atoms with Crippen molar-refractivity contribution in [1.29, 1.82) is 0 Å². The first-order chi connectivity index (χ1) is 12.8. The molecule has 0 spiro atoms. The van der Waals surface area contributed by atoms with E-state index in [4.69, 9.17) is 0 Å². The van der Waals surface area contributed by atoms with E-state index in [9.17, 15) is 4.79 Å². The first-order valence-corrected chi connectivity index (χ1v) is 11.4. The topological polar surface area (TPSA) is 66.9 Å². The summed E-state index contributed by atoms with van der Waals surface area (Å²) in [5, 5.41) is 2.00. The molecule has 132 valence electrons. The molecular weight excluding hydrogens is 404 g/mol. The predicted molar refractivity (Wildman–Crippen MR) is 113 cm³/mol. The molecule has 4 rings (SSSR count). The zero-order valence-electron chi connectivity index (χ0n) is 13.5. The summed E-state index contributed by atoms with van der Waals surface area (Å²) in [4.78, 5) is 21.0. The third kappa shape index (κ3) is 4.29. The van der Waals surface area contributed by atoms with Crippen molar-refractivity contribution < 1.29 is 4.79 Å². The van der Waals surface area contributed by atoms with Crippen LogP contribution in [0, 0.1) is 0 Å². The molecule has 0 aliphatic rings. The minimum atomic E-state index is -0.220. The standard InChI is InChI=1S/C17H14N4OS4/c22-17(20-23-9-15-18-11-5-1-3-7-13(11)25-15)21-24-10-16-19-12-6-2-4-8-14(12)26-16/h1-8H,9-10H2,(H2,20,21,22). The molecule has 0 aliphatic heterocycles. The lowest BCUT2D eigenvalue weighted by Crippen LogP contribution is -2.26. The van der Waals surface area contributed by atoms with Gasteiger partial charge in [0.15, 0.2) is 0 Å². The molecule has 0 saturated heterocycles. The molecule has 0 bridgehead atoms. The zero-order valence-corrected chi connectivity index (χ0v) is 16.7. The first-order valence-electron chi connectivity index (χ1n) is 7.76. The number of thiazole rings is 2. The molecule has 4 aromatic rings. The minimum absolute atomic E-state index is 0.220. The van der Waals surface area contributed by atoms with Crippen LogP contribution in [0.5, 0.6) is 0 Å². The van der Waals surface area contributed by atoms with E-state index in [0.29, 0.717) is 11.5 Å². The maximum absolute atomic E-state index is 11.9. The molecule has 0 atom stereocenters. The van der Waals surface area contributed by atoms with E-state index in [1.807, 2.05) is 36.4 Å². The average Bonchev–Trinajstić information content (AvgIpc) is 3.24. The van der Waals surface area contributed by atoms with Gasteiger partial charge in [-0.2, -0.15) is 0 Å². The van der Waals surface area contributed by atoms with Crippen LogP contribution in [0.4, 0.5) is 4.79 Å². The number of benzene rings is 2. The smallest absolute Gasteiger partial charge is 0.281 e. The molecule has 0 saturated carbocycles. The number of rotatable bonds is 6. The molecule has 0 unspecified atom stereocenters. The largest absolute Gasteiger partial charge is 0.334 e. The number of nitrogens with zero attached hydrogens (tertiary/aromatic N) is 2. The highest BCUT2D eigenvalue weighted by atomic mass is 32.2. The molecule has 0 aliphatic carbocycles. The lowest BCUT2D eigenvalue weighted by atomic mass is 10.3. The Morgan fingerprint density at radius 1 is 0.808 bits per heavy atom. The molecule has 5 nitrogen and oxygen atoms in total. The van der Waals surface area contributed by atoms with Gasteiger partial charge < -0.3 is 0 Å². The van der Waals surface area contributed by atoms with Gasteiger partial charge in [-0.05, 0) is 48.2 Å². The Kier molecular flexibility index (Phi) is 5.59. The van der Waals surface area contributed by atoms with Gasteiger partial charge in [0, 0.05) is 0 Å². The second-order valence-electron chi connectivity index (χ2n) is 5.26. The zero-order chi connectivity index (χ0) is 17.8. The molecule has 2 aromatic carbocycles. The number of urea groups is 1. The monoisotopic (exact) mass is 418 g/mol. The van der Waals surface area contributed by atoms with Gasteiger partial charge in [0.05, 0.1) is 31.9 Å². The minimum Gasteiger partial charge on any atom is -0.281 e. The number of aromatic nitrogens is 2. The molecular formula is C17H14N4OS4. The third-order valence-electron chi connectivity index (χ3n) is 3.40. The van der Waals surface area contributed by atoms with E-state index in [-0.39, 0.29) is 6.03 Å². The summed E-state index contributed by atoms with van der Waals surface area (Å²) >= 11 is 5.98. The molecule has 9 heteroatoms. The van der Waals surface area contributed by atoms with Crippen molar-refractivity contribution in [3.05, 3.63) is 58.5 Å². The summed E-state index contributed by atoms with van der Waals surface area (Å²) in [5.74, 6) is 1.30. The molecule has 2 amide bonds. The van der Waals surface area contributed by atoms with Crippen LogP contribution in [0.1, 0.15) is 10.0 Å². The number of nitrogens with one attached hydrogen (secondary N) is 2. The van der Waals surface area contributed by atoms with Crippen LogP contribution in [-0.4, -0.2) is 16.0 Å². The van der Waals surface area contributed by atoms with E-state index in [2.05, 4.69) is 31.5 Å². The number of carbonyl (C=O) groups excluding carboxylic acids is 1. The van der Waals surface area contributed by atoms with E-state index < -0.39 is 0 Å². The molecule has 26 heavy (non-hydrogen) atoms. The fourth-order valence-corrected chi connectivity index (χ4v) is 5.61. The highest BCUT2D eigenvalue weighted by Crippen LogP contribution is 2.25. The van der Waals surface area contributed by atoms with Crippen molar-refractivity contribution in [2.75, 3.05) is 0 Å². The third-order valence-corrected chi connectivity index (χ3v) is 7.33. The Hall–Kier alpha value is -1.81. The van der Waals surface area contributed by atoms with Crippen LogP contribution in [0.15, 0.2) is 48.5 Å². The molecule has 0 fully saturated rings. The number of fused-ring (bicyclic) bond motifs is 2. The molecule has 0 radical (unpaired) electrons. The Morgan fingerprint density at radius 3 is 1.73 bits per heavy atom. The summed E-state index contributed by atoms with van der Waals surface area (Å²) in [6, 6.07) is 15.9. The Morgan fingerprint density at radius 2 is 1.27 bits per heavy atom. The van der Waals surface area contributed by atoms with Crippen molar-refractivity contribution in [3.8, 4) is 0 Å². The maximum Gasteiger partial charge on any atom is 0.334 e. The van der Waals surface area contributed by atoms with Crippen molar-refractivity contribution in [1.82, 2.24) is 19.4 Å². The van der Waals surface area contributed by atoms with E-state index in [1.54, 1.807) is 22.7 Å². The summed E-state index contributed by atoms with van der Waals surface area (Å²) in [7, 11) is 0. The summed E-state index contributed by atoms with van der Waals surface area (Å²) < 4.78 is 7.90. The summed E-state index contributed by atoms with van der Waals surface area (Å²) in [5.41, 5.74) is 2.01. The van der Waals surface area contributed by atoms with Gasteiger partial charge in [-0.25, -0.2) is 14.8 Å². The first kappa shape index (κ1) is 17.6. The van der Waals surface area contributed by atoms with Gasteiger partial charge >= 0.3 is 6.03 Å². The van der Waals surface area contributed by atoms with Gasteiger partial charge in [0.2, 0.25) is 0 Å². The Bertz CT molecular complexity index is 897. The normalized spacial score (nSPS) is 11.1. The number of amides is 2. The highest BCUT2D eigenvalue weighted by Gasteiger charge is 2.07. The Labute approximate surface area is 166 Å². The second kappa shape index (κ2) is 8.26. The fourth-order valence-electron chi connectivity index (χ4n) is 2.31. The average molecular weight is 419 g/mol.